The van der Waals surface area contributed by atoms with E-state index < -0.39 is 30.2 Å². The van der Waals surface area contributed by atoms with Crippen LogP contribution in [0.15, 0.2) is 95.0 Å². The van der Waals surface area contributed by atoms with E-state index in [1.54, 1.807) is 48.5 Å². The summed E-state index contributed by atoms with van der Waals surface area (Å²) in [7, 11) is -10.3. The van der Waals surface area contributed by atoms with E-state index in [0.717, 1.165) is 11.1 Å². The van der Waals surface area contributed by atoms with Crippen molar-refractivity contribution in [1.29, 1.82) is 0 Å². The zero-order valence-corrected chi connectivity index (χ0v) is 19.0. The van der Waals surface area contributed by atoms with Gasteiger partial charge in [0.15, 0.2) is 0 Å². The van der Waals surface area contributed by atoms with Crippen LogP contribution in [0.25, 0.3) is 44.1 Å². The van der Waals surface area contributed by atoms with Gasteiger partial charge in [-0.05, 0) is 22.8 Å². The average molecular weight is 541 g/mol. The summed E-state index contributed by atoms with van der Waals surface area (Å²) in [6.45, 7) is 0. The molecule has 0 bridgehead atoms. The Morgan fingerprint density at radius 2 is 1.17 bits per heavy atom. The molecule has 5 aromatic rings. The van der Waals surface area contributed by atoms with Gasteiger partial charge in [0.1, 0.15) is 4.90 Å². The van der Waals surface area contributed by atoms with Gasteiger partial charge in [-0.3, -0.25) is 14.1 Å². The van der Waals surface area contributed by atoms with Crippen LogP contribution < -0.4 is 0 Å². The minimum absolute atomic E-state index is 0. The zero-order valence-electron chi connectivity index (χ0n) is 17.3. The Morgan fingerprint density at radius 3 is 1.72 bits per heavy atom. The first-order valence-corrected chi connectivity index (χ1v) is 12.9. The van der Waals surface area contributed by atoms with Gasteiger partial charge in [-0.15, -0.1) is 0 Å². The Balaban J connectivity index is 0.00000180. The molecule has 0 saturated carbocycles. The predicted molar refractivity (Wildman–Crippen MR) is 142 cm³/mol. The van der Waals surface area contributed by atoms with Crippen LogP contribution in [-0.4, -0.2) is 95.0 Å². The molecule has 0 radical (unpaired) electrons. The fourth-order valence-corrected chi connectivity index (χ4v) is 6.00. The van der Waals surface area contributed by atoms with E-state index in [1.807, 2.05) is 30.3 Å². The summed E-state index contributed by atoms with van der Waals surface area (Å²) in [6, 6.07) is 22.7. The number of aromatic nitrogens is 2. The van der Waals surface area contributed by atoms with Crippen molar-refractivity contribution in [3.63, 3.8) is 0 Å². The second kappa shape index (κ2) is 11.0. The van der Waals surface area contributed by atoms with Crippen molar-refractivity contribution in [2.45, 2.75) is 9.92 Å². The van der Waals surface area contributed by atoms with E-state index in [9.17, 15) is 25.9 Å². The topological polar surface area (TPSA) is 135 Å². The summed E-state index contributed by atoms with van der Waals surface area (Å²) in [5.41, 5.74) is 2.28. The molecule has 0 amide bonds. The van der Waals surface area contributed by atoms with Crippen LogP contribution >= 0.6 is 0 Å². The third-order valence-corrected chi connectivity index (χ3v) is 7.27. The standard InChI is InChI=1S/C24H16N2O6S2.2Na.2H/c27-33(28,29)23-20(16-9-5-2-6-10-16)19-12-11-18-17(15-7-3-1-4-8-15)13-14-25-21(18)22(19)26-24(23)34(30,31)32;;;;/h1-14H,(H,27,28,29)(H,30,31,32);;;;. The number of hydrogen-bond donors (Lipinski definition) is 2. The van der Waals surface area contributed by atoms with Crippen LogP contribution in [0.1, 0.15) is 0 Å². The van der Waals surface area contributed by atoms with Crippen molar-refractivity contribution in [2.24, 2.45) is 0 Å². The number of fused-ring (bicyclic) bond motifs is 3. The van der Waals surface area contributed by atoms with Crippen LogP contribution in [0, 0.1) is 0 Å². The number of pyridine rings is 2. The zero-order chi connectivity index (χ0) is 24.1. The summed E-state index contributed by atoms with van der Waals surface area (Å²) in [4.78, 5) is 7.42. The van der Waals surface area contributed by atoms with E-state index in [0.29, 0.717) is 16.5 Å². The fraction of sp³-hybridized carbons (Fsp3) is 0. The Labute approximate surface area is 251 Å². The molecule has 0 spiro atoms. The summed E-state index contributed by atoms with van der Waals surface area (Å²) in [5, 5.41) is -0.272. The van der Waals surface area contributed by atoms with Gasteiger partial charge in [-0.25, -0.2) is 4.98 Å². The number of benzene rings is 3. The predicted octanol–water partition coefficient (Wildman–Crippen LogP) is 3.31. The molecule has 5 rings (SSSR count). The molecule has 8 nitrogen and oxygen atoms in total. The summed E-state index contributed by atoms with van der Waals surface area (Å²) in [6.07, 6.45) is 1.54. The van der Waals surface area contributed by atoms with Gasteiger partial charge >= 0.3 is 69.2 Å². The normalized spacial score (nSPS) is 11.6. The molecule has 174 valence electrons. The monoisotopic (exact) mass is 540 g/mol. The Morgan fingerprint density at radius 1 is 0.611 bits per heavy atom. The first-order chi connectivity index (χ1) is 16.2. The van der Waals surface area contributed by atoms with Gasteiger partial charge in [-0.2, -0.15) is 16.8 Å². The van der Waals surface area contributed by atoms with Crippen LogP contribution in [0.5, 0.6) is 0 Å². The molecule has 0 aliphatic rings. The van der Waals surface area contributed by atoms with E-state index in [2.05, 4.69) is 9.97 Å². The van der Waals surface area contributed by atoms with E-state index in [4.69, 9.17) is 0 Å². The maximum atomic E-state index is 12.4. The molecule has 3 aromatic carbocycles. The molecule has 0 aliphatic carbocycles. The van der Waals surface area contributed by atoms with Crippen molar-refractivity contribution in [1.82, 2.24) is 9.97 Å². The van der Waals surface area contributed by atoms with Crippen LogP contribution in [0.4, 0.5) is 0 Å². The van der Waals surface area contributed by atoms with E-state index in [1.165, 1.54) is 6.20 Å². The molecule has 0 atom stereocenters. The Kier molecular flexibility index (Phi) is 8.79. The maximum absolute atomic E-state index is 12.4. The molecule has 0 fully saturated rings. The third-order valence-electron chi connectivity index (χ3n) is 5.44. The van der Waals surface area contributed by atoms with Gasteiger partial charge in [-0.1, -0.05) is 72.8 Å². The van der Waals surface area contributed by atoms with Crippen LogP contribution in [0.2, 0.25) is 0 Å². The molecule has 2 aromatic heterocycles. The quantitative estimate of drug-likeness (QED) is 0.201. The van der Waals surface area contributed by atoms with Crippen molar-refractivity contribution >= 4 is 101 Å². The number of hydrogen-bond acceptors (Lipinski definition) is 6. The van der Waals surface area contributed by atoms with Gasteiger partial charge in [0.05, 0.1) is 11.0 Å². The van der Waals surface area contributed by atoms with Gasteiger partial charge < -0.3 is 0 Å². The summed E-state index contributed by atoms with van der Waals surface area (Å²) in [5.74, 6) is 0. The van der Waals surface area contributed by atoms with Crippen molar-refractivity contribution in [3.05, 3.63) is 85.1 Å². The van der Waals surface area contributed by atoms with Crippen molar-refractivity contribution in [2.75, 3.05) is 0 Å². The average Bonchev–Trinajstić information content (AvgIpc) is 2.82. The first kappa shape index (κ1) is 28.9. The Hall–Kier alpha value is -1.70. The van der Waals surface area contributed by atoms with Gasteiger partial charge in [0.25, 0.3) is 10.1 Å². The first-order valence-electron chi connectivity index (χ1n) is 9.97. The van der Waals surface area contributed by atoms with Gasteiger partial charge in [0, 0.05) is 22.5 Å². The fourth-order valence-electron chi connectivity index (χ4n) is 4.08. The molecule has 12 heteroatoms. The molecule has 0 saturated heterocycles. The van der Waals surface area contributed by atoms with Crippen LogP contribution in [-0.2, 0) is 20.2 Å². The second-order valence-electron chi connectivity index (χ2n) is 7.52. The van der Waals surface area contributed by atoms with E-state index in [-0.39, 0.29) is 75.6 Å². The van der Waals surface area contributed by atoms with E-state index >= 15 is 0 Å². The van der Waals surface area contributed by atoms with Crippen molar-refractivity contribution < 1.29 is 25.9 Å². The second-order valence-corrected chi connectivity index (χ2v) is 10.2. The SMILES string of the molecule is O=S(=O)(O)c1nc2c(ccc3c(-c4ccccc4)ccnc32)c(-c2ccccc2)c1S(=O)(=O)O.[NaH].[NaH]. The molecule has 0 aliphatic heterocycles. The molecular formula is C24H18N2Na2O6S2. The molecule has 0 unspecified atom stereocenters. The third kappa shape index (κ3) is 5.30. The van der Waals surface area contributed by atoms with Gasteiger partial charge in [0.2, 0.25) is 5.03 Å². The molecule has 2 heterocycles. The summed E-state index contributed by atoms with van der Waals surface area (Å²) >= 11 is 0. The van der Waals surface area contributed by atoms with Crippen LogP contribution in [0.3, 0.4) is 0 Å². The van der Waals surface area contributed by atoms with Crippen molar-refractivity contribution in [3.8, 4) is 22.3 Å². The molecule has 36 heavy (non-hydrogen) atoms. The molecular weight excluding hydrogens is 522 g/mol. The number of nitrogens with zero attached hydrogens (tertiary/aromatic N) is 2. The minimum atomic E-state index is -5.15. The number of rotatable bonds is 4. The Bertz CT molecular complexity index is 1800. The molecule has 2 N–H and O–H groups in total. The summed E-state index contributed by atoms with van der Waals surface area (Å²) < 4.78 is 69.1.